The fourth-order valence-corrected chi connectivity index (χ4v) is 2.98. The Kier molecular flexibility index (Phi) is 5.19. The van der Waals surface area contributed by atoms with Crippen LogP contribution >= 0.6 is 27.7 Å². The van der Waals surface area contributed by atoms with E-state index >= 15 is 0 Å². The number of benzene rings is 2. The molecule has 2 aromatic carbocycles. The number of nitrogens with two attached hydrogens (primary N) is 1. The Morgan fingerprint density at radius 3 is 2.74 bits per heavy atom. The molecule has 118 valence electrons. The van der Waals surface area contributed by atoms with Crippen LogP contribution in [0.3, 0.4) is 0 Å². The minimum Gasteiger partial charge on any atom is -0.454 e. The van der Waals surface area contributed by atoms with Crippen LogP contribution in [0.2, 0.25) is 0 Å². The number of thioether (sulfide) groups is 1. The van der Waals surface area contributed by atoms with Crippen molar-refractivity contribution in [2.75, 3.05) is 6.79 Å². The fourth-order valence-electron chi connectivity index (χ4n) is 1.94. The molecule has 1 heterocycles. The van der Waals surface area contributed by atoms with Crippen molar-refractivity contribution >= 4 is 39.1 Å². The lowest BCUT2D eigenvalue weighted by Gasteiger charge is -2.01. The van der Waals surface area contributed by atoms with Crippen LogP contribution in [0.25, 0.3) is 0 Å². The van der Waals surface area contributed by atoms with Gasteiger partial charge in [-0.15, -0.1) is 5.10 Å². The number of rotatable bonds is 4. The van der Waals surface area contributed by atoms with E-state index in [0.29, 0.717) is 10.9 Å². The molecule has 2 aromatic rings. The van der Waals surface area contributed by atoms with Crippen molar-refractivity contribution in [1.29, 1.82) is 0 Å². The number of fused-ring (bicyclic) bond motifs is 1. The van der Waals surface area contributed by atoms with Crippen molar-refractivity contribution in [3.63, 3.8) is 0 Å². The molecule has 0 unspecified atom stereocenters. The van der Waals surface area contributed by atoms with E-state index in [-0.39, 0.29) is 6.79 Å². The number of hydrogen-bond donors (Lipinski definition) is 1. The van der Waals surface area contributed by atoms with Crippen LogP contribution in [-0.4, -0.2) is 18.2 Å². The quantitative estimate of drug-likeness (QED) is 0.489. The molecule has 2 N–H and O–H groups in total. The van der Waals surface area contributed by atoms with Crippen LogP contribution in [0.4, 0.5) is 0 Å². The molecule has 0 fully saturated rings. The highest BCUT2D eigenvalue weighted by Crippen LogP contribution is 2.36. The normalized spacial score (nSPS) is 13.7. The topological polar surface area (TPSA) is 69.2 Å². The van der Waals surface area contributed by atoms with Gasteiger partial charge >= 0.3 is 0 Å². The first-order valence-electron chi connectivity index (χ1n) is 6.85. The molecule has 5 nitrogen and oxygen atoms in total. The predicted molar refractivity (Wildman–Crippen MR) is 97.2 cm³/mol. The lowest BCUT2D eigenvalue weighted by Crippen LogP contribution is -2.06. The summed E-state index contributed by atoms with van der Waals surface area (Å²) in [6.45, 7) is 0.240. The van der Waals surface area contributed by atoms with E-state index in [1.54, 1.807) is 6.21 Å². The van der Waals surface area contributed by atoms with Gasteiger partial charge in [-0.3, -0.25) is 0 Å². The monoisotopic (exact) mass is 391 g/mol. The second-order valence-electron chi connectivity index (χ2n) is 4.68. The molecule has 0 saturated heterocycles. The summed E-state index contributed by atoms with van der Waals surface area (Å²) in [5.41, 5.74) is 7.90. The first kappa shape index (κ1) is 15.9. The lowest BCUT2D eigenvalue weighted by molar-refractivity contribution is 0.174. The van der Waals surface area contributed by atoms with E-state index < -0.39 is 0 Å². The van der Waals surface area contributed by atoms with Gasteiger partial charge in [0.2, 0.25) is 6.79 Å². The third-order valence-corrected chi connectivity index (χ3v) is 4.62. The highest BCUT2D eigenvalue weighted by molar-refractivity contribution is 9.10. The van der Waals surface area contributed by atoms with E-state index in [2.05, 4.69) is 26.1 Å². The van der Waals surface area contributed by atoms with Crippen LogP contribution in [0, 0.1) is 0 Å². The van der Waals surface area contributed by atoms with Gasteiger partial charge in [-0.25, -0.2) is 0 Å². The Morgan fingerprint density at radius 1 is 1.22 bits per heavy atom. The Labute approximate surface area is 146 Å². The molecule has 0 spiro atoms. The zero-order valence-corrected chi connectivity index (χ0v) is 14.5. The maximum atomic E-state index is 5.86. The van der Waals surface area contributed by atoms with Gasteiger partial charge in [-0.05, 0) is 33.6 Å². The third kappa shape index (κ3) is 4.27. The fraction of sp³-hybridized carbons (Fsp3) is 0.125. The first-order valence-corrected chi connectivity index (χ1v) is 8.62. The molecule has 7 heteroatoms. The first-order chi connectivity index (χ1) is 11.2. The number of ether oxygens (including phenoxy) is 2. The number of nitrogens with zero attached hydrogens (tertiary/aromatic N) is 2. The van der Waals surface area contributed by atoms with E-state index in [4.69, 9.17) is 15.2 Å². The van der Waals surface area contributed by atoms with Gasteiger partial charge in [0, 0.05) is 15.8 Å². The van der Waals surface area contributed by atoms with Gasteiger partial charge in [0.15, 0.2) is 16.7 Å². The van der Waals surface area contributed by atoms with E-state index in [0.717, 1.165) is 21.5 Å². The molecule has 0 radical (unpaired) electrons. The average Bonchev–Trinajstić information content (AvgIpc) is 3.01. The molecule has 0 bridgehead atoms. The number of amidine groups is 1. The Balaban J connectivity index is 1.61. The van der Waals surface area contributed by atoms with Gasteiger partial charge in [0.05, 0.1) is 6.21 Å². The number of halogens is 1. The SMILES string of the molecule is NC(=NN=Cc1cc2c(cc1Br)OCO2)SCc1ccccc1. The minimum atomic E-state index is 0.240. The average molecular weight is 392 g/mol. The zero-order valence-electron chi connectivity index (χ0n) is 12.1. The predicted octanol–water partition coefficient (Wildman–Crippen LogP) is 3.76. The smallest absolute Gasteiger partial charge is 0.231 e. The van der Waals surface area contributed by atoms with Crippen LogP contribution in [0.15, 0.2) is 57.1 Å². The van der Waals surface area contributed by atoms with Crippen LogP contribution in [-0.2, 0) is 5.75 Å². The summed E-state index contributed by atoms with van der Waals surface area (Å²) in [6, 6.07) is 13.8. The summed E-state index contributed by atoms with van der Waals surface area (Å²) in [4.78, 5) is 0. The van der Waals surface area contributed by atoms with E-state index in [1.165, 1.54) is 17.3 Å². The van der Waals surface area contributed by atoms with Crippen LogP contribution in [0.5, 0.6) is 11.5 Å². The summed E-state index contributed by atoms with van der Waals surface area (Å²) in [5, 5.41) is 8.45. The van der Waals surface area contributed by atoms with Crippen LogP contribution < -0.4 is 15.2 Å². The number of hydrogen-bond acceptors (Lipinski definition) is 5. The van der Waals surface area contributed by atoms with Gasteiger partial charge in [0.25, 0.3) is 0 Å². The summed E-state index contributed by atoms with van der Waals surface area (Å²) in [6.07, 6.45) is 1.63. The van der Waals surface area contributed by atoms with Crippen molar-refractivity contribution in [2.24, 2.45) is 15.9 Å². The summed E-state index contributed by atoms with van der Waals surface area (Å²) >= 11 is 4.91. The van der Waals surface area contributed by atoms with Gasteiger partial charge in [0.1, 0.15) is 0 Å². The summed E-state index contributed by atoms with van der Waals surface area (Å²) < 4.78 is 11.5. The van der Waals surface area contributed by atoms with Crippen molar-refractivity contribution < 1.29 is 9.47 Å². The largest absolute Gasteiger partial charge is 0.454 e. The third-order valence-electron chi connectivity index (χ3n) is 3.07. The molecule has 0 atom stereocenters. The molecular formula is C16H14BrN3O2S. The van der Waals surface area contributed by atoms with Gasteiger partial charge in [-0.2, -0.15) is 5.10 Å². The second-order valence-corrected chi connectivity index (χ2v) is 6.53. The van der Waals surface area contributed by atoms with Crippen molar-refractivity contribution in [1.82, 2.24) is 0 Å². The molecule has 1 aliphatic heterocycles. The maximum Gasteiger partial charge on any atom is 0.231 e. The molecule has 0 aromatic heterocycles. The minimum absolute atomic E-state index is 0.240. The molecule has 1 aliphatic rings. The Morgan fingerprint density at radius 2 is 1.96 bits per heavy atom. The Bertz CT molecular complexity index is 750. The molecule has 23 heavy (non-hydrogen) atoms. The van der Waals surface area contributed by atoms with Gasteiger partial charge in [-0.1, -0.05) is 42.1 Å². The second kappa shape index (κ2) is 7.52. The highest BCUT2D eigenvalue weighted by Gasteiger charge is 2.15. The standard InChI is InChI=1S/C16H14BrN3O2S/c17-13-7-15-14(21-10-22-15)6-12(13)8-19-20-16(18)23-9-11-4-2-1-3-5-11/h1-8H,9-10H2,(H2,18,20). The molecule has 0 saturated carbocycles. The van der Waals surface area contributed by atoms with Crippen LogP contribution in [0.1, 0.15) is 11.1 Å². The van der Waals surface area contributed by atoms with E-state index in [1.807, 2.05) is 42.5 Å². The van der Waals surface area contributed by atoms with Crippen molar-refractivity contribution in [3.8, 4) is 11.5 Å². The highest BCUT2D eigenvalue weighted by atomic mass is 79.9. The summed E-state index contributed by atoms with van der Waals surface area (Å²) in [5.74, 6) is 2.18. The molecule has 0 aliphatic carbocycles. The van der Waals surface area contributed by atoms with Crippen molar-refractivity contribution in [2.45, 2.75) is 5.75 Å². The van der Waals surface area contributed by atoms with Gasteiger partial charge < -0.3 is 15.2 Å². The maximum absolute atomic E-state index is 5.86. The molecular weight excluding hydrogens is 378 g/mol. The zero-order chi connectivity index (χ0) is 16.1. The Hall–Kier alpha value is -1.99. The van der Waals surface area contributed by atoms with E-state index in [9.17, 15) is 0 Å². The van der Waals surface area contributed by atoms with Crippen molar-refractivity contribution in [3.05, 3.63) is 58.1 Å². The summed E-state index contributed by atoms with van der Waals surface area (Å²) in [7, 11) is 0. The molecule has 0 amide bonds. The molecule has 3 rings (SSSR count). The lowest BCUT2D eigenvalue weighted by atomic mass is 10.2.